The Labute approximate surface area is 132 Å². The molecule has 0 aliphatic heterocycles. The summed E-state index contributed by atoms with van der Waals surface area (Å²) in [5.41, 5.74) is 5.87. The number of ether oxygens (including phenoxy) is 2. The first-order valence-electron chi connectivity index (χ1n) is 6.40. The molecule has 22 heavy (non-hydrogen) atoms. The van der Waals surface area contributed by atoms with Crippen LogP contribution in [0, 0.1) is 0 Å². The lowest BCUT2D eigenvalue weighted by Crippen LogP contribution is -2.16. The van der Waals surface area contributed by atoms with Crippen LogP contribution in [0.5, 0.6) is 11.5 Å². The molecule has 0 aliphatic rings. The number of Topliss-reactive ketones (excluding diaryl/α,β-unsaturated/α-hetero) is 1. The van der Waals surface area contributed by atoms with Crippen molar-refractivity contribution in [1.29, 1.82) is 0 Å². The van der Waals surface area contributed by atoms with Crippen molar-refractivity contribution in [2.24, 2.45) is 5.73 Å². The number of carbonyl (C=O) groups is 2. The molecule has 0 radical (unpaired) electrons. The van der Waals surface area contributed by atoms with Gasteiger partial charge in [-0.3, -0.25) is 9.59 Å². The van der Waals surface area contributed by atoms with E-state index in [4.69, 9.17) is 26.8 Å². The molecule has 0 aliphatic carbocycles. The maximum absolute atomic E-state index is 12.1. The van der Waals surface area contributed by atoms with Crippen LogP contribution in [-0.2, 0) is 0 Å². The fourth-order valence-electron chi connectivity index (χ4n) is 1.82. The van der Waals surface area contributed by atoms with E-state index in [0.717, 1.165) is 0 Å². The minimum absolute atomic E-state index is 0.134. The lowest BCUT2D eigenvalue weighted by atomic mass is 10.1. The summed E-state index contributed by atoms with van der Waals surface area (Å²) in [5.74, 6) is -0.0210. The van der Waals surface area contributed by atoms with Crippen LogP contribution in [0.25, 0.3) is 0 Å². The molecular formula is C16H14ClNO4. The van der Waals surface area contributed by atoms with Gasteiger partial charge in [-0.15, -0.1) is 0 Å². The Hall–Kier alpha value is -2.53. The molecule has 0 spiro atoms. The van der Waals surface area contributed by atoms with Crippen molar-refractivity contribution in [3.8, 4) is 11.5 Å². The summed E-state index contributed by atoms with van der Waals surface area (Å²) < 4.78 is 10.4. The van der Waals surface area contributed by atoms with Gasteiger partial charge in [0.25, 0.3) is 5.91 Å². The minimum atomic E-state index is -0.672. The quantitative estimate of drug-likeness (QED) is 0.830. The molecule has 0 aromatic heterocycles. The van der Waals surface area contributed by atoms with Crippen LogP contribution < -0.4 is 15.2 Å². The number of carbonyl (C=O) groups excluding carboxylic acids is 2. The van der Waals surface area contributed by atoms with Crippen molar-refractivity contribution in [1.82, 2.24) is 0 Å². The first-order valence-corrected chi connectivity index (χ1v) is 6.78. The fraction of sp³-hybridized carbons (Fsp3) is 0.125. The van der Waals surface area contributed by atoms with Gasteiger partial charge in [0.15, 0.2) is 12.4 Å². The summed E-state index contributed by atoms with van der Waals surface area (Å²) in [6, 6.07) is 11.1. The highest BCUT2D eigenvalue weighted by Gasteiger charge is 2.13. The molecule has 2 N–H and O–H groups in total. The molecule has 6 heteroatoms. The molecule has 5 nitrogen and oxygen atoms in total. The first-order chi connectivity index (χ1) is 10.5. The number of ketones is 1. The van der Waals surface area contributed by atoms with Gasteiger partial charge in [-0.05, 0) is 42.5 Å². The smallest absolute Gasteiger partial charge is 0.252 e. The van der Waals surface area contributed by atoms with Crippen LogP contribution in [0.1, 0.15) is 20.7 Å². The summed E-state index contributed by atoms with van der Waals surface area (Å²) in [7, 11) is 1.55. The van der Waals surface area contributed by atoms with Gasteiger partial charge in [0, 0.05) is 10.6 Å². The highest BCUT2D eigenvalue weighted by atomic mass is 35.5. The van der Waals surface area contributed by atoms with E-state index < -0.39 is 5.91 Å². The third kappa shape index (κ3) is 3.77. The van der Waals surface area contributed by atoms with Gasteiger partial charge < -0.3 is 15.2 Å². The number of rotatable bonds is 6. The van der Waals surface area contributed by atoms with Gasteiger partial charge in [0.05, 0.1) is 12.7 Å². The SMILES string of the molecule is COc1ccc(C(=O)COc2ccc(Cl)cc2C(N)=O)cc1. The zero-order valence-corrected chi connectivity index (χ0v) is 12.6. The predicted molar refractivity (Wildman–Crippen MR) is 82.8 cm³/mol. The number of hydrogen-bond acceptors (Lipinski definition) is 4. The van der Waals surface area contributed by atoms with E-state index in [1.807, 2.05) is 0 Å². The van der Waals surface area contributed by atoms with Crippen LogP contribution in [0.2, 0.25) is 5.02 Å². The van der Waals surface area contributed by atoms with Crippen LogP contribution in [0.4, 0.5) is 0 Å². The molecule has 114 valence electrons. The molecule has 2 aromatic carbocycles. The van der Waals surface area contributed by atoms with E-state index in [1.54, 1.807) is 37.4 Å². The predicted octanol–water partition coefficient (Wildman–Crippen LogP) is 2.71. The first kappa shape index (κ1) is 15.9. The Balaban J connectivity index is 2.09. The molecular weight excluding hydrogens is 306 g/mol. The third-order valence-corrected chi connectivity index (χ3v) is 3.21. The molecule has 0 heterocycles. The fourth-order valence-corrected chi connectivity index (χ4v) is 2.00. The largest absolute Gasteiger partial charge is 0.497 e. The molecule has 0 atom stereocenters. The highest BCUT2D eigenvalue weighted by molar-refractivity contribution is 6.31. The Morgan fingerprint density at radius 3 is 2.41 bits per heavy atom. The van der Waals surface area contributed by atoms with Crippen molar-refractivity contribution in [2.45, 2.75) is 0 Å². The van der Waals surface area contributed by atoms with Crippen LogP contribution in [0.15, 0.2) is 42.5 Å². The normalized spacial score (nSPS) is 10.1. The number of nitrogens with two attached hydrogens (primary N) is 1. The van der Waals surface area contributed by atoms with Crippen LogP contribution in [0.3, 0.4) is 0 Å². The van der Waals surface area contributed by atoms with Crippen LogP contribution in [-0.4, -0.2) is 25.4 Å². The van der Waals surface area contributed by atoms with Crippen molar-refractivity contribution in [3.05, 3.63) is 58.6 Å². The van der Waals surface area contributed by atoms with Crippen molar-refractivity contribution in [3.63, 3.8) is 0 Å². The summed E-state index contributed by atoms with van der Waals surface area (Å²) in [5, 5.41) is 0.364. The number of hydrogen-bond donors (Lipinski definition) is 1. The average molecular weight is 320 g/mol. The van der Waals surface area contributed by atoms with E-state index in [-0.39, 0.29) is 23.7 Å². The Morgan fingerprint density at radius 2 is 1.82 bits per heavy atom. The maximum Gasteiger partial charge on any atom is 0.252 e. The van der Waals surface area contributed by atoms with Crippen molar-refractivity contribution < 1.29 is 19.1 Å². The number of amides is 1. The van der Waals surface area contributed by atoms with E-state index in [9.17, 15) is 9.59 Å². The zero-order chi connectivity index (χ0) is 16.1. The lowest BCUT2D eigenvalue weighted by molar-refractivity contribution is 0.0912. The van der Waals surface area contributed by atoms with E-state index in [2.05, 4.69) is 0 Å². The average Bonchev–Trinajstić information content (AvgIpc) is 2.53. The molecule has 0 saturated heterocycles. The Bertz CT molecular complexity index is 698. The lowest BCUT2D eigenvalue weighted by Gasteiger charge is -2.09. The highest BCUT2D eigenvalue weighted by Crippen LogP contribution is 2.23. The topological polar surface area (TPSA) is 78.6 Å². The molecule has 0 saturated carbocycles. The minimum Gasteiger partial charge on any atom is -0.497 e. The zero-order valence-electron chi connectivity index (χ0n) is 11.8. The monoisotopic (exact) mass is 319 g/mol. The van der Waals surface area contributed by atoms with Gasteiger partial charge in [0.1, 0.15) is 11.5 Å². The van der Waals surface area contributed by atoms with E-state index in [1.165, 1.54) is 12.1 Å². The van der Waals surface area contributed by atoms with Gasteiger partial charge in [-0.2, -0.15) is 0 Å². The van der Waals surface area contributed by atoms with Gasteiger partial charge in [-0.25, -0.2) is 0 Å². The molecule has 1 amide bonds. The number of methoxy groups -OCH3 is 1. The van der Waals surface area contributed by atoms with Crippen molar-refractivity contribution in [2.75, 3.05) is 13.7 Å². The summed E-state index contributed by atoms with van der Waals surface area (Å²) in [4.78, 5) is 23.4. The van der Waals surface area contributed by atoms with Crippen LogP contribution >= 0.6 is 11.6 Å². The van der Waals surface area contributed by atoms with E-state index >= 15 is 0 Å². The summed E-state index contributed by atoms with van der Waals surface area (Å²) in [6.45, 7) is -0.214. The van der Waals surface area contributed by atoms with Crippen molar-refractivity contribution >= 4 is 23.3 Å². The molecule has 0 bridgehead atoms. The summed E-state index contributed by atoms with van der Waals surface area (Å²) in [6.07, 6.45) is 0. The maximum atomic E-state index is 12.1. The van der Waals surface area contributed by atoms with Gasteiger partial charge in [0.2, 0.25) is 0 Å². The van der Waals surface area contributed by atoms with Gasteiger partial charge >= 0.3 is 0 Å². The molecule has 2 rings (SSSR count). The molecule has 0 unspecified atom stereocenters. The Morgan fingerprint density at radius 1 is 1.14 bits per heavy atom. The third-order valence-electron chi connectivity index (χ3n) is 2.98. The van der Waals surface area contributed by atoms with Gasteiger partial charge in [-0.1, -0.05) is 11.6 Å². The standard InChI is InChI=1S/C16H14ClNO4/c1-21-12-5-2-10(3-6-12)14(19)9-22-15-7-4-11(17)8-13(15)16(18)20/h2-8H,9H2,1H3,(H2,18,20). The second-order valence-corrected chi connectivity index (χ2v) is 4.88. The second-order valence-electron chi connectivity index (χ2n) is 4.45. The number of primary amides is 1. The summed E-state index contributed by atoms with van der Waals surface area (Å²) >= 11 is 5.81. The molecule has 0 fully saturated rings. The molecule has 2 aromatic rings. The number of benzene rings is 2. The Kier molecular flexibility index (Phi) is 5.01. The second kappa shape index (κ2) is 6.95. The number of halogens is 1. The van der Waals surface area contributed by atoms with E-state index in [0.29, 0.717) is 16.3 Å².